The predicted molar refractivity (Wildman–Crippen MR) is 58.6 cm³/mol. The lowest BCUT2D eigenvalue weighted by atomic mass is 10.3. The van der Waals surface area contributed by atoms with Crippen LogP contribution in [0.25, 0.3) is 0 Å². The molecule has 1 rings (SSSR count). The summed E-state index contributed by atoms with van der Waals surface area (Å²) in [6.07, 6.45) is 1.37. The van der Waals surface area contributed by atoms with E-state index in [-0.39, 0.29) is 23.8 Å². The Bertz CT molecular complexity index is 410. The van der Waals surface area contributed by atoms with Crippen molar-refractivity contribution in [1.29, 1.82) is 0 Å². The molecule has 0 radical (unpaired) electrons. The van der Waals surface area contributed by atoms with Crippen molar-refractivity contribution < 1.29 is 9.59 Å². The summed E-state index contributed by atoms with van der Waals surface area (Å²) in [4.78, 5) is 24.2. The van der Waals surface area contributed by atoms with Crippen LogP contribution in [0.1, 0.15) is 10.4 Å². The van der Waals surface area contributed by atoms with Gasteiger partial charge in [-0.3, -0.25) is 14.3 Å². The Balaban J connectivity index is 2.60. The fourth-order valence-corrected chi connectivity index (χ4v) is 1.03. The summed E-state index contributed by atoms with van der Waals surface area (Å²) in [5, 5.41) is 6.31. The average Bonchev–Trinajstić information content (AvgIpc) is 2.55. The molecule has 3 N–H and O–H groups in total. The largest absolute Gasteiger partial charge is 0.383 e. The number of carbonyl (C=O) groups is 2. The van der Waals surface area contributed by atoms with Crippen molar-refractivity contribution in [2.75, 3.05) is 26.4 Å². The first kappa shape index (κ1) is 12.0. The highest BCUT2D eigenvalue weighted by molar-refractivity contribution is 5.99. The molecule has 88 valence electrons. The fraction of sp³-hybridized carbons (Fsp3) is 0.444. The van der Waals surface area contributed by atoms with Gasteiger partial charge >= 0.3 is 0 Å². The number of nitrogens with zero attached hydrogens (tertiary/aromatic N) is 3. The van der Waals surface area contributed by atoms with Gasteiger partial charge in [-0.15, -0.1) is 0 Å². The number of hydrogen-bond acceptors (Lipinski definition) is 4. The Kier molecular flexibility index (Phi) is 3.49. The lowest BCUT2D eigenvalue weighted by Crippen LogP contribution is -2.36. The molecule has 1 aromatic rings. The Morgan fingerprint density at radius 3 is 2.62 bits per heavy atom. The van der Waals surface area contributed by atoms with E-state index in [1.165, 1.54) is 15.8 Å². The van der Waals surface area contributed by atoms with Gasteiger partial charge in [-0.1, -0.05) is 0 Å². The molecule has 7 heteroatoms. The first-order chi connectivity index (χ1) is 7.43. The van der Waals surface area contributed by atoms with Crippen molar-refractivity contribution in [3.63, 3.8) is 0 Å². The fourth-order valence-electron chi connectivity index (χ4n) is 1.03. The van der Waals surface area contributed by atoms with Crippen LogP contribution in [0.2, 0.25) is 0 Å². The van der Waals surface area contributed by atoms with Gasteiger partial charge in [0, 0.05) is 21.1 Å². The van der Waals surface area contributed by atoms with Crippen molar-refractivity contribution >= 4 is 17.6 Å². The number of amides is 2. The first-order valence-electron chi connectivity index (χ1n) is 4.69. The van der Waals surface area contributed by atoms with Crippen molar-refractivity contribution in [2.45, 2.75) is 0 Å². The Labute approximate surface area is 93.2 Å². The van der Waals surface area contributed by atoms with Crippen LogP contribution in [-0.4, -0.2) is 47.1 Å². The minimum atomic E-state index is -0.402. The van der Waals surface area contributed by atoms with Crippen LogP contribution in [0.4, 0.5) is 5.82 Å². The average molecular weight is 225 g/mol. The zero-order valence-corrected chi connectivity index (χ0v) is 9.52. The molecule has 0 aromatic carbocycles. The van der Waals surface area contributed by atoms with Crippen LogP contribution in [0, 0.1) is 0 Å². The van der Waals surface area contributed by atoms with E-state index >= 15 is 0 Å². The quantitative estimate of drug-likeness (QED) is 0.677. The van der Waals surface area contributed by atoms with E-state index in [1.54, 1.807) is 21.1 Å². The number of nitrogens with two attached hydrogens (primary N) is 1. The molecule has 1 aromatic heterocycles. The Hall–Kier alpha value is -2.05. The van der Waals surface area contributed by atoms with Crippen LogP contribution in [-0.2, 0) is 11.8 Å². The summed E-state index contributed by atoms with van der Waals surface area (Å²) in [6.45, 7) is -0.0554. The van der Waals surface area contributed by atoms with Crippen LogP contribution in [0.5, 0.6) is 0 Å². The van der Waals surface area contributed by atoms with Crippen LogP contribution >= 0.6 is 0 Å². The maximum atomic E-state index is 11.6. The molecule has 0 spiro atoms. The van der Waals surface area contributed by atoms with Gasteiger partial charge in [0.05, 0.1) is 12.7 Å². The lowest BCUT2D eigenvalue weighted by molar-refractivity contribution is -0.127. The van der Waals surface area contributed by atoms with Gasteiger partial charge in [-0.25, -0.2) is 0 Å². The van der Waals surface area contributed by atoms with Gasteiger partial charge in [0.1, 0.15) is 11.4 Å². The summed E-state index contributed by atoms with van der Waals surface area (Å²) < 4.78 is 1.39. The molecule has 2 amide bonds. The molecule has 0 bridgehead atoms. The number of likely N-dealkylation sites (N-methyl/N-ethyl adjacent to an activating group) is 1. The lowest BCUT2D eigenvalue weighted by Gasteiger charge is -2.10. The summed E-state index contributed by atoms with van der Waals surface area (Å²) in [6, 6.07) is 0. The van der Waals surface area contributed by atoms with E-state index in [2.05, 4.69) is 10.4 Å². The molecule has 7 nitrogen and oxygen atoms in total. The van der Waals surface area contributed by atoms with Gasteiger partial charge in [-0.05, 0) is 0 Å². The normalized spacial score (nSPS) is 9.94. The highest BCUT2D eigenvalue weighted by atomic mass is 16.2. The van der Waals surface area contributed by atoms with E-state index in [4.69, 9.17) is 5.73 Å². The maximum Gasteiger partial charge on any atom is 0.257 e. The third-order valence-corrected chi connectivity index (χ3v) is 2.13. The van der Waals surface area contributed by atoms with Gasteiger partial charge < -0.3 is 16.0 Å². The summed E-state index contributed by atoms with van der Waals surface area (Å²) in [5.74, 6) is -0.314. The number of aryl methyl sites for hydroxylation is 1. The number of anilines is 1. The number of carbonyl (C=O) groups excluding carboxylic acids is 2. The number of aromatic nitrogens is 2. The highest BCUT2D eigenvalue weighted by Gasteiger charge is 2.14. The molecule has 0 fully saturated rings. The Morgan fingerprint density at radius 2 is 2.19 bits per heavy atom. The molecule has 0 saturated heterocycles. The monoisotopic (exact) mass is 225 g/mol. The number of hydrogen-bond donors (Lipinski definition) is 2. The SMILES string of the molecule is CN(C)C(=O)CNC(=O)c1cnn(C)c1N. The molecule has 0 aliphatic rings. The van der Waals surface area contributed by atoms with E-state index in [9.17, 15) is 9.59 Å². The van der Waals surface area contributed by atoms with Crippen LogP contribution in [0.3, 0.4) is 0 Å². The molecule has 0 aliphatic carbocycles. The highest BCUT2D eigenvalue weighted by Crippen LogP contribution is 2.08. The van der Waals surface area contributed by atoms with Crippen molar-refractivity contribution in [2.24, 2.45) is 7.05 Å². The van der Waals surface area contributed by atoms with Gasteiger partial charge in [0.25, 0.3) is 5.91 Å². The third kappa shape index (κ3) is 2.50. The predicted octanol–water partition coefficient (Wildman–Crippen LogP) is -1.18. The molecule has 0 atom stereocenters. The molecule has 1 heterocycles. The van der Waals surface area contributed by atoms with E-state index in [0.29, 0.717) is 0 Å². The third-order valence-electron chi connectivity index (χ3n) is 2.13. The second kappa shape index (κ2) is 4.65. The summed E-state index contributed by atoms with van der Waals surface area (Å²) >= 11 is 0. The minimum Gasteiger partial charge on any atom is -0.383 e. The summed E-state index contributed by atoms with van der Waals surface area (Å²) in [5.41, 5.74) is 5.89. The van der Waals surface area contributed by atoms with Crippen molar-refractivity contribution in [1.82, 2.24) is 20.0 Å². The number of nitrogens with one attached hydrogen (secondary N) is 1. The molecule has 0 aliphatic heterocycles. The molecular formula is C9H15N5O2. The van der Waals surface area contributed by atoms with Crippen molar-refractivity contribution in [3.05, 3.63) is 11.8 Å². The molecular weight excluding hydrogens is 210 g/mol. The molecule has 0 unspecified atom stereocenters. The second-order valence-corrected chi connectivity index (χ2v) is 3.54. The zero-order chi connectivity index (χ0) is 12.3. The molecule has 0 saturated carbocycles. The molecule has 16 heavy (non-hydrogen) atoms. The van der Waals surface area contributed by atoms with Gasteiger partial charge in [-0.2, -0.15) is 5.10 Å². The van der Waals surface area contributed by atoms with E-state index < -0.39 is 5.91 Å². The van der Waals surface area contributed by atoms with Crippen LogP contribution < -0.4 is 11.1 Å². The van der Waals surface area contributed by atoms with E-state index in [0.717, 1.165) is 0 Å². The smallest absolute Gasteiger partial charge is 0.257 e. The van der Waals surface area contributed by atoms with Crippen LogP contribution in [0.15, 0.2) is 6.20 Å². The topological polar surface area (TPSA) is 93.2 Å². The van der Waals surface area contributed by atoms with Gasteiger partial charge in [0.2, 0.25) is 5.91 Å². The first-order valence-corrected chi connectivity index (χ1v) is 4.69. The minimum absolute atomic E-state index is 0.0554. The summed E-state index contributed by atoms with van der Waals surface area (Å²) in [7, 11) is 4.87. The maximum absolute atomic E-state index is 11.6. The standard InChI is InChI=1S/C9H15N5O2/c1-13(2)7(15)5-11-9(16)6-4-12-14(3)8(6)10/h4H,5,10H2,1-3H3,(H,11,16). The number of nitrogen functional groups attached to an aromatic ring is 1. The second-order valence-electron chi connectivity index (χ2n) is 3.54. The van der Waals surface area contributed by atoms with Crippen molar-refractivity contribution in [3.8, 4) is 0 Å². The zero-order valence-electron chi connectivity index (χ0n) is 9.52. The van der Waals surface area contributed by atoms with Gasteiger partial charge in [0.15, 0.2) is 0 Å². The van der Waals surface area contributed by atoms with E-state index in [1.807, 2.05) is 0 Å². The number of rotatable bonds is 3. The Morgan fingerprint density at radius 1 is 1.56 bits per heavy atom.